The summed E-state index contributed by atoms with van der Waals surface area (Å²) in [6.07, 6.45) is -3.32. The lowest BCUT2D eigenvalue weighted by Gasteiger charge is -2.21. The number of hydrogen-bond acceptors (Lipinski definition) is 5. The zero-order valence-corrected chi connectivity index (χ0v) is 14.9. The number of carbonyl (C=O) groups excluding carboxylic acids is 1. The molecular formula is C18H20F3N3O3. The van der Waals surface area contributed by atoms with Crippen LogP contribution >= 0.6 is 0 Å². The summed E-state index contributed by atoms with van der Waals surface area (Å²) >= 11 is 0. The zero-order chi connectivity index (χ0) is 19.8. The summed E-state index contributed by atoms with van der Waals surface area (Å²) < 4.78 is 46.4. The summed E-state index contributed by atoms with van der Waals surface area (Å²) in [6, 6.07) is 2.77. The maximum Gasteiger partial charge on any atom is 0.417 e. The predicted octanol–water partition coefficient (Wildman–Crippen LogP) is 2.14. The molecule has 1 N–H and O–H groups in total. The van der Waals surface area contributed by atoms with Crippen LogP contribution in [0.5, 0.6) is 0 Å². The van der Waals surface area contributed by atoms with Crippen molar-refractivity contribution in [2.75, 3.05) is 6.54 Å². The highest BCUT2D eigenvalue weighted by Crippen LogP contribution is 2.32. The van der Waals surface area contributed by atoms with Crippen LogP contribution in [0.25, 0.3) is 10.9 Å². The Hall–Kier alpha value is -2.26. The predicted molar refractivity (Wildman–Crippen MR) is 92.4 cm³/mol. The molecule has 0 unspecified atom stereocenters. The molecule has 1 aromatic heterocycles. The number of Topliss-reactive ketones (excluding diaryl/α,β-unsaturated/α-hetero) is 1. The molecule has 1 saturated heterocycles. The number of ether oxygens (including phenoxy) is 1. The Kier molecular flexibility index (Phi) is 5.34. The van der Waals surface area contributed by atoms with E-state index in [1.807, 2.05) is 13.8 Å². The number of rotatable bonds is 5. The SMILES string of the molecule is CC(C)O[C@H]1CCN[C@@H]1C(=O)Cn1cnc2cccc(C(F)(F)F)c2c1=O. The maximum absolute atomic E-state index is 13.2. The van der Waals surface area contributed by atoms with E-state index in [1.165, 1.54) is 12.1 Å². The van der Waals surface area contributed by atoms with Crippen LogP contribution in [0.1, 0.15) is 25.8 Å². The molecule has 146 valence electrons. The van der Waals surface area contributed by atoms with Gasteiger partial charge in [-0.1, -0.05) is 6.07 Å². The molecular weight excluding hydrogens is 363 g/mol. The molecule has 0 radical (unpaired) electrons. The van der Waals surface area contributed by atoms with Gasteiger partial charge in [0.15, 0.2) is 5.78 Å². The molecule has 0 saturated carbocycles. The second kappa shape index (κ2) is 7.40. The van der Waals surface area contributed by atoms with Crippen molar-refractivity contribution < 1.29 is 22.7 Å². The average molecular weight is 383 g/mol. The first-order valence-corrected chi connectivity index (χ1v) is 8.65. The van der Waals surface area contributed by atoms with Crippen molar-refractivity contribution in [2.45, 2.75) is 51.2 Å². The Labute approximate surface area is 153 Å². The molecule has 2 atom stereocenters. The van der Waals surface area contributed by atoms with Gasteiger partial charge in [0.1, 0.15) is 0 Å². The Balaban J connectivity index is 1.93. The van der Waals surface area contributed by atoms with Gasteiger partial charge in [0.25, 0.3) is 5.56 Å². The van der Waals surface area contributed by atoms with Gasteiger partial charge in [0, 0.05) is 0 Å². The first-order valence-electron chi connectivity index (χ1n) is 8.65. The largest absolute Gasteiger partial charge is 0.417 e. The third kappa shape index (κ3) is 4.03. The third-order valence-electron chi connectivity index (χ3n) is 4.44. The van der Waals surface area contributed by atoms with E-state index in [9.17, 15) is 22.8 Å². The molecule has 3 rings (SSSR count). The summed E-state index contributed by atoms with van der Waals surface area (Å²) in [4.78, 5) is 29.2. The van der Waals surface area contributed by atoms with E-state index in [0.29, 0.717) is 13.0 Å². The number of carbonyl (C=O) groups is 1. The molecule has 0 amide bonds. The van der Waals surface area contributed by atoms with Gasteiger partial charge in [-0.3, -0.25) is 14.2 Å². The number of halogens is 3. The first-order chi connectivity index (χ1) is 12.7. The molecule has 1 aliphatic heterocycles. The molecule has 2 aromatic rings. The molecule has 0 aliphatic carbocycles. The van der Waals surface area contributed by atoms with Gasteiger partial charge in [0.2, 0.25) is 0 Å². The Morgan fingerprint density at radius 1 is 1.41 bits per heavy atom. The summed E-state index contributed by atoms with van der Waals surface area (Å²) in [5, 5.41) is 2.50. The lowest BCUT2D eigenvalue weighted by molar-refractivity contribution is -0.136. The minimum atomic E-state index is -4.69. The number of nitrogens with one attached hydrogen (secondary N) is 1. The fourth-order valence-corrected chi connectivity index (χ4v) is 3.31. The fraction of sp³-hybridized carbons (Fsp3) is 0.500. The Morgan fingerprint density at radius 2 is 2.15 bits per heavy atom. The monoisotopic (exact) mass is 383 g/mol. The Morgan fingerprint density at radius 3 is 2.81 bits per heavy atom. The summed E-state index contributed by atoms with van der Waals surface area (Å²) in [6.45, 7) is 3.94. The number of alkyl halides is 3. The number of fused-ring (bicyclic) bond motifs is 1. The molecule has 1 aliphatic rings. The first kappa shape index (κ1) is 19.5. The third-order valence-corrected chi connectivity index (χ3v) is 4.44. The van der Waals surface area contributed by atoms with Crippen LogP contribution in [-0.2, 0) is 22.3 Å². The molecule has 6 nitrogen and oxygen atoms in total. The normalized spacial score (nSPS) is 20.5. The van der Waals surface area contributed by atoms with Crippen molar-refractivity contribution in [3.63, 3.8) is 0 Å². The smallest absolute Gasteiger partial charge is 0.373 e. The highest BCUT2D eigenvalue weighted by molar-refractivity contribution is 5.86. The number of benzene rings is 1. The van der Waals surface area contributed by atoms with Crippen LogP contribution in [-0.4, -0.2) is 40.1 Å². The van der Waals surface area contributed by atoms with Crippen LogP contribution in [0.2, 0.25) is 0 Å². The van der Waals surface area contributed by atoms with Gasteiger partial charge in [-0.2, -0.15) is 13.2 Å². The standard InChI is InChI=1S/C18H20F3N3O3/c1-10(2)27-14-6-7-22-16(14)13(25)8-24-9-23-12-5-3-4-11(18(19,20)21)15(12)17(24)26/h3-5,9-10,14,16,22H,6-8H2,1-2H3/t14-,16+/m0/s1. The maximum atomic E-state index is 13.2. The van der Waals surface area contributed by atoms with Gasteiger partial charge in [-0.05, 0) is 38.9 Å². The van der Waals surface area contributed by atoms with E-state index in [4.69, 9.17) is 4.74 Å². The zero-order valence-electron chi connectivity index (χ0n) is 14.9. The highest BCUT2D eigenvalue weighted by atomic mass is 19.4. The summed E-state index contributed by atoms with van der Waals surface area (Å²) in [5.74, 6) is -0.328. The van der Waals surface area contributed by atoms with E-state index in [1.54, 1.807) is 0 Å². The van der Waals surface area contributed by atoms with Crippen molar-refractivity contribution in [3.05, 3.63) is 40.4 Å². The van der Waals surface area contributed by atoms with Gasteiger partial charge < -0.3 is 10.1 Å². The van der Waals surface area contributed by atoms with E-state index in [0.717, 1.165) is 17.0 Å². The second-order valence-corrected chi connectivity index (χ2v) is 6.79. The van der Waals surface area contributed by atoms with E-state index >= 15 is 0 Å². The summed E-state index contributed by atoms with van der Waals surface area (Å²) in [7, 11) is 0. The van der Waals surface area contributed by atoms with Gasteiger partial charge in [0.05, 0.1) is 47.6 Å². The fourth-order valence-electron chi connectivity index (χ4n) is 3.31. The molecule has 2 heterocycles. The quantitative estimate of drug-likeness (QED) is 0.857. The van der Waals surface area contributed by atoms with Crippen LogP contribution < -0.4 is 10.9 Å². The average Bonchev–Trinajstić information content (AvgIpc) is 3.03. The van der Waals surface area contributed by atoms with Crippen molar-refractivity contribution in [2.24, 2.45) is 0 Å². The van der Waals surface area contributed by atoms with Crippen LogP contribution in [0.4, 0.5) is 13.2 Å². The van der Waals surface area contributed by atoms with E-state index in [2.05, 4.69) is 10.3 Å². The number of nitrogens with zero attached hydrogens (tertiary/aromatic N) is 2. The highest BCUT2D eigenvalue weighted by Gasteiger charge is 2.36. The van der Waals surface area contributed by atoms with Crippen molar-refractivity contribution in [1.29, 1.82) is 0 Å². The van der Waals surface area contributed by atoms with Gasteiger partial charge >= 0.3 is 6.18 Å². The molecule has 27 heavy (non-hydrogen) atoms. The molecule has 1 fully saturated rings. The van der Waals surface area contributed by atoms with Crippen molar-refractivity contribution >= 4 is 16.7 Å². The van der Waals surface area contributed by atoms with Gasteiger partial charge in [-0.25, -0.2) is 4.98 Å². The van der Waals surface area contributed by atoms with Crippen LogP contribution in [0.15, 0.2) is 29.3 Å². The molecule has 9 heteroatoms. The van der Waals surface area contributed by atoms with Gasteiger partial charge in [-0.15, -0.1) is 0 Å². The molecule has 1 aromatic carbocycles. The number of hydrogen-bond donors (Lipinski definition) is 1. The topological polar surface area (TPSA) is 73.2 Å². The van der Waals surface area contributed by atoms with Crippen molar-refractivity contribution in [1.82, 2.24) is 14.9 Å². The van der Waals surface area contributed by atoms with Crippen LogP contribution in [0, 0.1) is 0 Å². The minimum absolute atomic E-state index is 0.0569. The summed E-state index contributed by atoms with van der Waals surface area (Å²) in [5.41, 5.74) is -2.00. The minimum Gasteiger partial charge on any atom is -0.373 e. The van der Waals surface area contributed by atoms with Crippen LogP contribution in [0.3, 0.4) is 0 Å². The lowest BCUT2D eigenvalue weighted by atomic mass is 10.1. The molecule has 0 spiro atoms. The van der Waals surface area contributed by atoms with E-state index < -0.39 is 28.7 Å². The number of aromatic nitrogens is 2. The van der Waals surface area contributed by atoms with Crippen molar-refractivity contribution in [3.8, 4) is 0 Å². The molecule has 0 bridgehead atoms. The lowest BCUT2D eigenvalue weighted by Crippen LogP contribution is -2.43. The number of ketones is 1. The second-order valence-electron chi connectivity index (χ2n) is 6.79. The Bertz CT molecular complexity index is 908. The van der Waals surface area contributed by atoms with E-state index in [-0.39, 0.29) is 30.1 Å².